The van der Waals surface area contributed by atoms with Gasteiger partial charge in [0.15, 0.2) is 0 Å². The second-order valence-corrected chi connectivity index (χ2v) is 9.38. The number of hydrogen-bond acceptors (Lipinski definition) is 3. The van der Waals surface area contributed by atoms with Crippen molar-refractivity contribution >= 4 is 5.91 Å². The average Bonchev–Trinajstić information content (AvgIpc) is 3.35. The Bertz CT molecular complexity index is 1170. The Labute approximate surface area is 187 Å². The second kappa shape index (κ2) is 7.82. The zero-order chi connectivity index (χ0) is 22.5. The minimum absolute atomic E-state index is 0.189. The van der Waals surface area contributed by atoms with Crippen molar-refractivity contribution in [1.82, 2.24) is 9.88 Å². The van der Waals surface area contributed by atoms with Crippen molar-refractivity contribution in [2.75, 3.05) is 13.1 Å². The quantitative estimate of drug-likeness (QED) is 0.619. The molecule has 1 aliphatic carbocycles. The van der Waals surface area contributed by atoms with Crippen LogP contribution in [0.25, 0.3) is 11.1 Å². The summed E-state index contributed by atoms with van der Waals surface area (Å²) < 4.78 is 13.2. The monoisotopic (exact) mass is 430 g/mol. The van der Waals surface area contributed by atoms with Crippen LogP contribution in [0.3, 0.4) is 0 Å². The van der Waals surface area contributed by atoms with Gasteiger partial charge in [-0.15, -0.1) is 0 Å². The minimum Gasteiger partial charge on any atom is -0.388 e. The summed E-state index contributed by atoms with van der Waals surface area (Å²) in [6.07, 6.45) is 1.95. The number of fused-ring (bicyclic) bond motifs is 2. The topological polar surface area (TPSA) is 53.4 Å². The summed E-state index contributed by atoms with van der Waals surface area (Å²) in [7, 11) is 0. The Morgan fingerprint density at radius 2 is 2.00 bits per heavy atom. The van der Waals surface area contributed by atoms with Crippen LogP contribution in [0.5, 0.6) is 0 Å². The third-order valence-corrected chi connectivity index (χ3v) is 7.05. The highest BCUT2D eigenvalue weighted by Gasteiger charge is 2.48. The summed E-state index contributed by atoms with van der Waals surface area (Å²) in [6, 6.07) is 17.5. The van der Waals surface area contributed by atoms with Crippen LogP contribution in [0.4, 0.5) is 4.39 Å². The fraction of sp³-hybridized carbons (Fsp3) is 0.333. The van der Waals surface area contributed by atoms with E-state index >= 15 is 0 Å². The van der Waals surface area contributed by atoms with Gasteiger partial charge in [-0.2, -0.15) is 0 Å². The molecule has 32 heavy (non-hydrogen) atoms. The standard InChI is InChI=1S/C27H27FN2O2/c1-17(2)20-5-3-4-6-21(20)18-7-9-22-23(13-18)27(14-25(22)31)11-12-30(16-27)26(32)24-10-8-19(28)15-29-24/h3-10,13,15,17,25,31H,11-12,14,16H2,1-2H3. The zero-order valence-electron chi connectivity index (χ0n) is 18.4. The molecule has 1 fully saturated rings. The largest absolute Gasteiger partial charge is 0.388 e. The number of carbonyl (C=O) groups is 1. The van der Waals surface area contributed by atoms with Crippen LogP contribution in [0.2, 0.25) is 0 Å². The summed E-state index contributed by atoms with van der Waals surface area (Å²) in [5, 5.41) is 10.8. The molecule has 3 aromatic rings. The van der Waals surface area contributed by atoms with E-state index in [-0.39, 0.29) is 17.0 Å². The number of aliphatic hydroxyl groups excluding tert-OH is 1. The van der Waals surface area contributed by atoms with Crippen LogP contribution in [0, 0.1) is 5.82 Å². The molecule has 1 aromatic heterocycles. The molecule has 2 aliphatic rings. The second-order valence-electron chi connectivity index (χ2n) is 9.38. The Morgan fingerprint density at radius 1 is 1.19 bits per heavy atom. The number of benzene rings is 2. The number of rotatable bonds is 3. The lowest BCUT2D eigenvalue weighted by Crippen LogP contribution is -2.34. The van der Waals surface area contributed by atoms with Crippen molar-refractivity contribution in [3.05, 3.63) is 89.0 Å². The highest BCUT2D eigenvalue weighted by molar-refractivity contribution is 5.92. The summed E-state index contributed by atoms with van der Waals surface area (Å²) in [4.78, 5) is 18.7. The van der Waals surface area contributed by atoms with Gasteiger partial charge in [-0.05, 0) is 58.7 Å². The van der Waals surface area contributed by atoms with Crippen LogP contribution in [-0.2, 0) is 5.41 Å². The van der Waals surface area contributed by atoms with Crippen molar-refractivity contribution in [2.45, 2.75) is 44.1 Å². The van der Waals surface area contributed by atoms with E-state index in [0.29, 0.717) is 25.4 Å². The van der Waals surface area contributed by atoms with Gasteiger partial charge in [-0.3, -0.25) is 4.79 Å². The van der Waals surface area contributed by atoms with E-state index in [0.717, 1.165) is 29.3 Å². The van der Waals surface area contributed by atoms with Crippen molar-refractivity contribution in [3.63, 3.8) is 0 Å². The van der Waals surface area contributed by atoms with Crippen LogP contribution in [0.1, 0.15) is 65.9 Å². The van der Waals surface area contributed by atoms with Gasteiger partial charge in [-0.1, -0.05) is 56.3 Å². The minimum atomic E-state index is -0.529. The van der Waals surface area contributed by atoms with Crippen molar-refractivity contribution in [2.24, 2.45) is 0 Å². The molecule has 1 saturated heterocycles. The molecule has 1 spiro atoms. The molecule has 0 radical (unpaired) electrons. The first-order chi connectivity index (χ1) is 15.4. The van der Waals surface area contributed by atoms with Gasteiger partial charge < -0.3 is 10.0 Å². The summed E-state index contributed by atoms with van der Waals surface area (Å²) in [6.45, 7) is 5.52. The fourth-order valence-electron chi connectivity index (χ4n) is 5.42. The van der Waals surface area contributed by atoms with E-state index in [1.807, 2.05) is 6.07 Å². The summed E-state index contributed by atoms with van der Waals surface area (Å²) in [5.74, 6) is -0.241. The van der Waals surface area contributed by atoms with Crippen LogP contribution in [-0.4, -0.2) is 34.0 Å². The maximum atomic E-state index is 13.2. The summed E-state index contributed by atoms with van der Waals surface area (Å²) >= 11 is 0. The van der Waals surface area contributed by atoms with Crippen molar-refractivity contribution < 1.29 is 14.3 Å². The number of pyridine rings is 1. The number of amides is 1. The van der Waals surface area contributed by atoms with Crippen molar-refractivity contribution in [3.8, 4) is 11.1 Å². The molecular formula is C27H27FN2O2. The molecular weight excluding hydrogens is 403 g/mol. The highest BCUT2D eigenvalue weighted by Crippen LogP contribution is 2.51. The normalized spacial score (nSPS) is 22.0. The molecule has 4 nitrogen and oxygen atoms in total. The predicted octanol–water partition coefficient (Wildman–Crippen LogP) is 5.23. The maximum Gasteiger partial charge on any atom is 0.272 e. The molecule has 0 saturated carbocycles. The molecule has 1 amide bonds. The van der Waals surface area contributed by atoms with Gasteiger partial charge in [-0.25, -0.2) is 9.37 Å². The predicted molar refractivity (Wildman–Crippen MR) is 122 cm³/mol. The van der Waals surface area contributed by atoms with Crippen LogP contribution in [0.15, 0.2) is 60.8 Å². The van der Waals surface area contributed by atoms with Crippen LogP contribution >= 0.6 is 0 Å². The third kappa shape index (κ3) is 3.41. The molecule has 5 rings (SSSR count). The number of hydrogen-bond donors (Lipinski definition) is 1. The van der Waals surface area contributed by atoms with E-state index in [2.05, 4.69) is 55.2 Å². The Morgan fingerprint density at radius 3 is 2.75 bits per heavy atom. The third-order valence-electron chi connectivity index (χ3n) is 7.05. The molecule has 2 unspecified atom stereocenters. The van der Waals surface area contributed by atoms with Gasteiger partial charge >= 0.3 is 0 Å². The van der Waals surface area contributed by atoms with Gasteiger partial charge in [0.25, 0.3) is 5.91 Å². The Balaban J connectivity index is 1.49. The average molecular weight is 431 g/mol. The van der Waals surface area contributed by atoms with E-state index in [1.54, 1.807) is 4.90 Å². The molecule has 2 aromatic carbocycles. The molecule has 164 valence electrons. The maximum absolute atomic E-state index is 13.2. The first-order valence-corrected chi connectivity index (χ1v) is 11.2. The molecule has 1 N–H and O–H groups in total. The smallest absolute Gasteiger partial charge is 0.272 e. The Hall–Kier alpha value is -3.05. The molecule has 2 atom stereocenters. The fourth-order valence-corrected chi connectivity index (χ4v) is 5.42. The lowest BCUT2D eigenvalue weighted by atomic mass is 9.79. The summed E-state index contributed by atoms with van der Waals surface area (Å²) in [5.41, 5.74) is 5.74. The first-order valence-electron chi connectivity index (χ1n) is 11.2. The van der Waals surface area contributed by atoms with E-state index in [4.69, 9.17) is 0 Å². The molecule has 2 heterocycles. The van der Waals surface area contributed by atoms with Gasteiger partial charge in [0.1, 0.15) is 11.5 Å². The molecule has 0 bridgehead atoms. The molecule has 1 aliphatic heterocycles. The van der Waals surface area contributed by atoms with E-state index in [1.165, 1.54) is 23.3 Å². The Kier molecular flexibility index (Phi) is 5.09. The number of nitrogens with zero attached hydrogens (tertiary/aromatic N) is 2. The number of aliphatic hydroxyl groups is 1. The van der Waals surface area contributed by atoms with Gasteiger partial charge in [0, 0.05) is 18.5 Å². The van der Waals surface area contributed by atoms with Crippen LogP contribution < -0.4 is 0 Å². The lowest BCUT2D eigenvalue weighted by molar-refractivity contribution is 0.0770. The highest BCUT2D eigenvalue weighted by atomic mass is 19.1. The first kappa shape index (κ1) is 20.8. The van der Waals surface area contributed by atoms with Crippen molar-refractivity contribution in [1.29, 1.82) is 0 Å². The van der Waals surface area contributed by atoms with E-state index in [9.17, 15) is 14.3 Å². The van der Waals surface area contributed by atoms with Gasteiger partial charge in [0.05, 0.1) is 12.3 Å². The number of likely N-dealkylation sites (tertiary alicyclic amines) is 1. The van der Waals surface area contributed by atoms with Gasteiger partial charge in [0.2, 0.25) is 0 Å². The zero-order valence-corrected chi connectivity index (χ0v) is 18.4. The number of carbonyl (C=O) groups excluding carboxylic acids is 1. The molecule has 5 heteroatoms. The van der Waals surface area contributed by atoms with E-state index < -0.39 is 11.9 Å². The lowest BCUT2D eigenvalue weighted by Gasteiger charge is -2.26. The number of halogens is 1. The number of aromatic nitrogens is 1. The SMILES string of the molecule is CC(C)c1ccccc1-c1ccc2c(c1)C1(CCN(C(=O)c3ccc(F)cn3)C1)CC2O.